The lowest BCUT2D eigenvalue weighted by atomic mass is 9.68. The summed E-state index contributed by atoms with van der Waals surface area (Å²) in [4.78, 5) is 0. The molecule has 0 spiro atoms. The lowest BCUT2D eigenvalue weighted by Crippen LogP contribution is -2.25. The molecule has 0 atom stereocenters. The summed E-state index contributed by atoms with van der Waals surface area (Å²) in [6, 6.07) is 14.2. The van der Waals surface area contributed by atoms with Crippen LogP contribution in [-0.2, 0) is 12.8 Å². The van der Waals surface area contributed by atoms with Crippen LogP contribution in [0.3, 0.4) is 0 Å². The van der Waals surface area contributed by atoms with Crippen LogP contribution in [0.15, 0.2) is 48.6 Å². The van der Waals surface area contributed by atoms with E-state index in [4.69, 9.17) is 0 Å². The molecule has 2 aromatic rings. The molecule has 4 rings (SSSR count). The van der Waals surface area contributed by atoms with Gasteiger partial charge in [0.15, 0.2) is 0 Å². The Morgan fingerprint density at radius 1 is 0.710 bits per heavy atom. The first-order chi connectivity index (χ1) is 15.2. The predicted octanol–water partition coefficient (Wildman–Crippen LogP) is 9.30. The highest BCUT2D eigenvalue weighted by atomic mass is 14.4. The number of benzene rings is 2. The summed E-state index contributed by atoms with van der Waals surface area (Å²) in [6.45, 7) is 4.49. The van der Waals surface area contributed by atoms with E-state index in [0.29, 0.717) is 0 Å². The van der Waals surface area contributed by atoms with Crippen LogP contribution < -0.4 is 0 Å². The highest BCUT2D eigenvalue weighted by Crippen LogP contribution is 2.42. The third-order valence-corrected chi connectivity index (χ3v) is 8.67. The second-order valence-electron chi connectivity index (χ2n) is 10.6. The van der Waals surface area contributed by atoms with Gasteiger partial charge in [-0.3, -0.25) is 0 Å². The SMILES string of the molecule is C/C=C/CCc1ccc2cc(CCC3CCC(C4CCC(CC)CC4)CC3)ccc2c1. The van der Waals surface area contributed by atoms with Crippen LogP contribution in [0.1, 0.15) is 95.6 Å². The average molecular weight is 417 g/mol. The molecular formula is C31H44. The lowest BCUT2D eigenvalue weighted by Gasteiger charge is -2.37. The number of aryl methyl sites for hydroxylation is 2. The molecule has 2 saturated carbocycles. The van der Waals surface area contributed by atoms with Crippen LogP contribution >= 0.6 is 0 Å². The summed E-state index contributed by atoms with van der Waals surface area (Å²) in [5.74, 6) is 4.12. The normalized spacial score (nSPS) is 27.2. The fraction of sp³-hybridized carbons (Fsp3) is 0.613. The van der Waals surface area contributed by atoms with Crippen LogP contribution in [-0.4, -0.2) is 0 Å². The van der Waals surface area contributed by atoms with Crippen LogP contribution in [0, 0.1) is 23.7 Å². The van der Waals surface area contributed by atoms with Crippen molar-refractivity contribution in [3.63, 3.8) is 0 Å². The van der Waals surface area contributed by atoms with Gasteiger partial charge in [0.2, 0.25) is 0 Å². The zero-order chi connectivity index (χ0) is 21.5. The van der Waals surface area contributed by atoms with E-state index in [1.807, 2.05) is 0 Å². The maximum atomic E-state index is 2.45. The molecule has 0 amide bonds. The van der Waals surface area contributed by atoms with Crippen molar-refractivity contribution in [2.45, 2.75) is 97.3 Å². The van der Waals surface area contributed by atoms with Crippen molar-refractivity contribution in [3.05, 3.63) is 59.7 Å². The Bertz CT molecular complexity index is 828. The molecule has 0 aliphatic heterocycles. The van der Waals surface area contributed by atoms with Crippen LogP contribution in [0.2, 0.25) is 0 Å². The maximum absolute atomic E-state index is 2.45. The Morgan fingerprint density at radius 2 is 1.26 bits per heavy atom. The van der Waals surface area contributed by atoms with Crippen molar-refractivity contribution in [3.8, 4) is 0 Å². The van der Waals surface area contributed by atoms with E-state index >= 15 is 0 Å². The van der Waals surface area contributed by atoms with E-state index in [2.05, 4.69) is 62.4 Å². The number of fused-ring (bicyclic) bond motifs is 1. The molecule has 2 fully saturated rings. The zero-order valence-electron chi connectivity index (χ0n) is 20.1. The minimum Gasteiger partial charge on any atom is -0.0917 e. The van der Waals surface area contributed by atoms with Crippen molar-refractivity contribution in [1.29, 1.82) is 0 Å². The molecule has 168 valence electrons. The van der Waals surface area contributed by atoms with Crippen molar-refractivity contribution in [1.82, 2.24) is 0 Å². The third-order valence-electron chi connectivity index (χ3n) is 8.67. The van der Waals surface area contributed by atoms with Gasteiger partial charge in [0, 0.05) is 0 Å². The first-order valence-corrected chi connectivity index (χ1v) is 13.4. The first-order valence-electron chi connectivity index (χ1n) is 13.4. The van der Waals surface area contributed by atoms with Gasteiger partial charge in [-0.25, -0.2) is 0 Å². The minimum absolute atomic E-state index is 0.966. The van der Waals surface area contributed by atoms with E-state index in [1.54, 1.807) is 0 Å². The smallest absolute Gasteiger partial charge is 0.0181 e. The van der Waals surface area contributed by atoms with E-state index < -0.39 is 0 Å². The standard InChI is InChI=1S/C31H44/c1-3-5-6-7-26-14-20-31-23-27(15-21-30(31)22-26)9-8-25-12-18-29(19-13-25)28-16-10-24(4-2)11-17-28/h3,5,14-15,20-25,28-29H,4,6-13,16-19H2,1-2H3/b5-3+. The van der Waals surface area contributed by atoms with Gasteiger partial charge >= 0.3 is 0 Å². The number of hydrogen-bond donors (Lipinski definition) is 0. The molecule has 2 aliphatic carbocycles. The van der Waals surface area contributed by atoms with Crippen molar-refractivity contribution >= 4 is 10.8 Å². The molecule has 0 aromatic heterocycles. The molecular weight excluding hydrogens is 372 g/mol. The molecule has 0 N–H and O–H groups in total. The molecule has 0 radical (unpaired) electrons. The quantitative estimate of drug-likeness (QED) is 0.376. The van der Waals surface area contributed by atoms with Gasteiger partial charge in [0.05, 0.1) is 0 Å². The highest BCUT2D eigenvalue weighted by Gasteiger charge is 2.30. The van der Waals surface area contributed by atoms with E-state index in [-0.39, 0.29) is 0 Å². The Morgan fingerprint density at radius 3 is 1.81 bits per heavy atom. The monoisotopic (exact) mass is 416 g/mol. The van der Waals surface area contributed by atoms with Crippen molar-refractivity contribution in [2.75, 3.05) is 0 Å². The molecule has 0 saturated heterocycles. The minimum atomic E-state index is 0.966. The van der Waals surface area contributed by atoms with Crippen LogP contribution in [0.25, 0.3) is 10.8 Å². The lowest BCUT2D eigenvalue weighted by molar-refractivity contribution is 0.142. The van der Waals surface area contributed by atoms with E-state index in [9.17, 15) is 0 Å². The molecule has 2 aliphatic rings. The molecule has 0 bridgehead atoms. The second-order valence-corrected chi connectivity index (χ2v) is 10.6. The Kier molecular flexibility index (Phi) is 8.28. The average Bonchev–Trinajstić information content (AvgIpc) is 2.83. The fourth-order valence-electron chi connectivity index (χ4n) is 6.46. The Hall–Kier alpha value is -1.56. The number of rotatable bonds is 8. The maximum Gasteiger partial charge on any atom is -0.0181 e. The summed E-state index contributed by atoms with van der Waals surface area (Å²) < 4.78 is 0. The van der Waals surface area contributed by atoms with Gasteiger partial charge in [0.25, 0.3) is 0 Å². The second kappa shape index (κ2) is 11.3. The van der Waals surface area contributed by atoms with E-state index in [1.165, 1.54) is 92.5 Å². The van der Waals surface area contributed by atoms with Crippen molar-refractivity contribution < 1.29 is 0 Å². The summed E-state index contributed by atoms with van der Waals surface area (Å²) in [5, 5.41) is 2.82. The number of allylic oxidation sites excluding steroid dienone is 2. The molecule has 0 heteroatoms. The summed E-state index contributed by atoms with van der Waals surface area (Å²) in [7, 11) is 0. The molecule has 2 aromatic carbocycles. The van der Waals surface area contributed by atoms with Gasteiger partial charge in [-0.15, -0.1) is 0 Å². The Labute approximate surface area is 191 Å². The van der Waals surface area contributed by atoms with Gasteiger partial charge in [-0.2, -0.15) is 0 Å². The number of hydrogen-bond acceptors (Lipinski definition) is 0. The predicted molar refractivity (Wildman–Crippen MR) is 137 cm³/mol. The molecule has 0 heterocycles. The topological polar surface area (TPSA) is 0 Å². The summed E-state index contributed by atoms with van der Waals surface area (Å²) in [5.41, 5.74) is 2.99. The summed E-state index contributed by atoms with van der Waals surface area (Å²) >= 11 is 0. The molecule has 0 nitrogen and oxygen atoms in total. The Balaban J connectivity index is 1.23. The molecule has 31 heavy (non-hydrogen) atoms. The fourth-order valence-corrected chi connectivity index (χ4v) is 6.46. The van der Waals surface area contributed by atoms with Gasteiger partial charge in [-0.05, 0) is 104 Å². The van der Waals surface area contributed by atoms with Gasteiger partial charge < -0.3 is 0 Å². The zero-order valence-corrected chi connectivity index (χ0v) is 20.1. The summed E-state index contributed by atoms with van der Waals surface area (Å²) in [6.07, 6.45) is 22.8. The van der Waals surface area contributed by atoms with Crippen LogP contribution in [0.4, 0.5) is 0 Å². The van der Waals surface area contributed by atoms with Gasteiger partial charge in [-0.1, -0.05) is 87.6 Å². The highest BCUT2D eigenvalue weighted by molar-refractivity contribution is 5.83. The largest absolute Gasteiger partial charge is 0.0917 e. The van der Waals surface area contributed by atoms with E-state index in [0.717, 1.165) is 36.5 Å². The van der Waals surface area contributed by atoms with Crippen molar-refractivity contribution in [2.24, 2.45) is 23.7 Å². The molecule has 0 unspecified atom stereocenters. The first kappa shape index (κ1) is 22.6. The van der Waals surface area contributed by atoms with Gasteiger partial charge in [0.1, 0.15) is 0 Å². The third kappa shape index (κ3) is 6.24. The van der Waals surface area contributed by atoms with Crippen LogP contribution in [0.5, 0.6) is 0 Å².